The van der Waals surface area contributed by atoms with Crippen LogP contribution in [0.2, 0.25) is 0 Å². The van der Waals surface area contributed by atoms with Crippen molar-refractivity contribution in [2.45, 2.75) is 30.7 Å². The van der Waals surface area contributed by atoms with E-state index in [9.17, 15) is 9.18 Å². The molecule has 2 fully saturated rings. The van der Waals surface area contributed by atoms with Crippen LogP contribution in [0.3, 0.4) is 0 Å². The first-order valence-corrected chi connectivity index (χ1v) is 8.10. The highest BCUT2D eigenvalue weighted by molar-refractivity contribution is 5.81. The molecule has 1 unspecified atom stereocenters. The lowest BCUT2D eigenvalue weighted by Gasteiger charge is -2.42. The zero-order valence-electron chi connectivity index (χ0n) is 13.2. The minimum atomic E-state index is -0.438. The number of aromatic nitrogens is 3. The quantitative estimate of drug-likeness (QED) is 0.908. The van der Waals surface area contributed by atoms with Gasteiger partial charge >= 0.3 is 0 Å². The molecule has 1 spiro atoms. The average Bonchev–Trinajstić information content (AvgIpc) is 2.93. The molecule has 0 radical (unpaired) electrons. The molecule has 124 valence electrons. The third-order valence-corrected chi connectivity index (χ3v) is 5.08. The molecular weight excluding hydrogens is 309 g/mol. The van der Waals surface area contributed by atoms with Gasteiger partial charge in [0.2, 0.25) is 11.9 Å². The first-order valence-electron chi connectivity index (χ1n) is 8.10. The van der Waals surface area contributed by atoms with E-state index in [0.29, 0.717) is 12.4 Å². The largest absolute Gasteiger partial charge is 0.350 e. The maximum absolute atomic E-state index is 13.0. The van der Waals surface area contributed by atoms with Crippen LogP contribution in [-0.2, 0) is 4.79 Å². The Morgan fingerprint density at radius 3 is 2.62 bits per heavy atom. The highest BCUT2D eigenvalue weighted by atomic mass is 19.1. The monoisotopic (exact) mass is 327 g/mol. The van der Waals surface area contributed by atoms with E-state index < -0.39 is 5.82 Å². The first-order chi connectivity index (χ1) is 11.7. The van der Waals surface area contributed by atoms with Gasteiger partial charge < -0.3 is 10.2 Å². The molecule has 2 aromatic rings. The van der Waals surface area contributed by atoms with Crippen molar-refractivity contribution in [3.63, 3.8) is 0 Å². The highest BCUT2D eigenvalue weighted by Gasteiger charge is 2.48. The molecule has 0 aliphatic carbocycles. The van der Waals surface area contributed by atoms with Gasteiger partial charge in [0.25, 0.3) is 0 Å². The van der Waals surface area contributed by atoms with Gasteiger partial charge in [0, 0.05) is 37.8 Å². The summed E-state index contributed by atoms with van der Waals surface area (Å²) in [4.78, 5) is 26.4. The van der Waals surface area contributed by atoms with Crippen molar-refractivity contribution in [1.82, 2.24) is 20.3 Å². The minimum absolute atomic E-state index is 0.0929. The summed E-state index contributed by atoms with van der Waals surface area (Å²) < 4.78 is 13.0. The number of carbonyl (C=O) groups excluding carboxylic acids is 1. The highest BCUT2D eigenvalue weighted by Crippen LogP contribution is 2.43. The summed E-state index contributed by atoms with van der Waals surface area (Å²) in [6.07, 6.45) is 8.07. The van der Waals surface area contributed by atoms with Gasteiger partial charge in [0.1, 0.15) is 0 Å². The standard InChI is InChI=1S/C17H18FN5O/c18-13-10-20-16(21-11-13)23-6-3-17(4-7-23)14(8-15(24)22-17)12-2-1-5-19-9-12/h1-2,5,9-11,14H,3-4,6-8H2,(H,22,24). The summed E-state index contributed by atoms with van der Waals surface area (Å²) in [6, 6.07) is 3.95. The molecule has 2 aliphatic rings. The molecule has 0 saturated carbocycles. The van der Waals surface area contributed by atoms with Crippen LogP contribution in [0.25, 0.3) is 0 Å². The smallest absolute Gasteiger partial charge is 0.225 e. The summed E-state index contributed by atoms with van der Waals surface area (Å²) in [5.41, 5.74) is 0.860. The van der Waals surface area contributed by atoms with Crippen molar-refractivity contribution in [3.8, 4) is 0 Å². The predicted molar refractivity (Wildman–Crippen MR) is 85.9 cm³/mol. The van der Waals surface area contributed by atoms with Gasteiger partial charge in [-0.05, 0) is 24.5 Å². The van der Waals surface area contributed by atoms with Crippen molar-refractivity contribution in [2.24, 2.45) is 0 Å². The number of rotatable bonds is 2. The molecule has 4 rings (SSSR count). The van der Waals surface area contributed by atoms with Gasteiger partial charge in [-0.25, -0.2) is 14.4 Å². The number of amides is 1. The lowest BCUT2D eigenvalue weighted by atomic mass is 9.75. The van der Waals surface area contributed by atoms with Crippen molar-refractivity contribution in [2.75, 3.05) is 18.0 Å². The van der Waals surface area contributed by atoms with E-state index in [4.69, 9.17) is 0 Å². The fourth-order valence-electron chi connectivity index (χ4n) is 3.86. The molecule has 24 heavy (non-hydrogen) atoms. The third kappa shape index (κ3) is 2.60. The Hall–Kier alpha value is -2.57. The van der Waals surface area contributed by atoms with Crippen LogP contribution < -0.4 is 10.2 Å². The van der Waals surface area contributed by atoms with E-state index in [1.807, 2.05) is 23.2 Å². The van der Waals surface area contributed by atoms with E-state index >= 15 is 0 Å². The molecule has 1 amide bonds. The fraction of sp³-hybridized carbons (Fsp3) is 0.412. The normalized spacial score (nSPS) is 22.6. The second-order valence-electron chi connectivity index (χ2n) is 6.44. The van der Waals surface area contributed by atoms with E-state index in [2.05, 4.69) is 20.3 Å². The summed E-state index contributed by atoms with van der Waals surface area (Å²) >= 11 is 0. The molecule has 2 aliphatic heterocycles. The van der Waals surface area contributed by atoms with Crippen molar-refractivity contribution in [1.29, 1.82) is 0 Å². The Morgan fingerprint density at radius 1 is 1.21 bits per heavy atom. The van der Waals surface area contributed by atoms with E-state index in [1.165, 1.54) is 12.4 Å². The minimum Gasteiger partial charge on any atom is -0.350 e. The van der Waals surface area contributed by atoms with Crippen LogP contribution in [0.5, 0.6) is 0 Å². The molecule has 1 N–H and O–H groups in total. The number of nitrogens with one attached hydrogen (secondary N) is 1. The topological polar surface area (TPSA) is 71.0 Å². The Morgan fingerprint density at radius 2 is 1.96 bits per heavy atom. The number of piperidine rings is 1. The zero-order valence-corrected chi connectivity index (χ0v) is 13.2. The molecule has 7 heteroatoms. The molecular formula is C17H18FN5O. The zero-order chi connectivity index (χ0) is 16.6. The van der Waals surface area contributed by atoms with Crippen molar-refractivity contribution in [3.05, 3.63) is 48.3 Å². The molecule has 4 heterocycles. The lowest BCUT2D eigenvalue weighted by Crippen LogP contribution is -2.53. The van der Waals surface area contributed by atoms with Gasteiger partial charge in [-0.1, -0.05) is 6.07 Å². The molecule has 6 nitrogen and oxygen atoms in total. The van der Waals surface area contributed by atoms with Gasteiger partial charge in [-0.3, -0.25) is 9.78 Å². The number of hydrogen-bond donors (Lipinski definition) is 1. The Labute approximate surface area is 139 Å². The molecule has 1 atom stereocenters. The number of pyridine rings is 1. The van der Waals surface area contributed by atoms with Gasteiger partial charge in [0.05, 0.1) is 17.9 Å². The van der Waals surface area contributed by atoms with E-state index in [0.717, 1.165) is 31.5 Å². The molecule has 0 aromatic carbocycles. The number of halogens is 1. The van der Waals surface area contributed by atoms with Gasteiger partial charge in [0.15, 0.2) is 5.82 Å². The summed E-state index contributed by atoms with van der Waals surface area (Å²) in [5, 5.41) is 3.20. The maximum Gasteiger partial charge on any atom is 0.225 e. The van der Waals surface area contributed by atoms with E-state index in [1.54, 1.807) is 6.20 Å². The molecule has 2 aromatic heterocycles. The summed E-state index contributed by atoms with van der Waals surface area (Å²) in [5.74, 6) is 0.325. The van der Waals surface area contributed by atoms with Crippen LogP contribution in [0.15, 0.2) is 36.9 Å². The first kappa shape index (κ1) is 15.0. The number of hydrogen-bond acceptors (Lipinski definition) is 5. The van der Waals surface area contributed by atoms with Gasteiger partial charge in [-0.15, -0.1) is 0 Å². The maximum atomic E-state index is 13.0. The summed E-state index contributed by atoms with van der Waals surface area (Å²) in [7, 11) is 0. The van der Waals surface area contributed by atoms with Crippen LogP contribution in [0.1, 0.15) is 30.7 Å². The Balaban J connectivity index is 1.54. The van der Waals surface area contributed by atoms with Crippen molar-refractivity contribution >= 4 is 11.9 Å². The second kappa shape index (κ2) is 5.81. The van der Waals surface area contributed by atoms with E-state index in [-0.39, 0.29) is 17.4 Å². The lowest BCUT2D eigenvalue weighted by molar-refractivity contribution is -0.119. The van der Waals surface area contributed by atoms with Crippen molar-refractivity contribution < 1.29 is 9.18 Å². The predicted octanol–water partition coefficient (Wildman–Crippen LogP) is 1.65. The summed E-state index contributed by atoms with van der Waals surface area (Å²) in [6.45, 7) is 1.45. The van der Waals surface area contributed by atoms with Crippen LogP contribution in [0, 0.1) is 5.82 Å². The van der Waals surface area contributed by atoms with Crippen LogP contribution in [-0.4, -0.2) is 39.5 Å². The molecule has 0 bridgehead atoms. The Kier molecular flexibility index (Phi) is 3.63. The SMILES string of the molecule is O=C1CC(c2cccnc2)C2(CCN(c3ncc(F)cn3)CC2)N1. The number of carbonyl (C=O) groups is 1. The number of nitrogens with zero attached hydrogens (tertiary/aromatic N) is 4. The number of anilines is 1. The fourth-order valence-corrected chi connectivity index (χ4v) is 3.86. The molecule has 2 saturated heterocycles. The second-order valence-corrected chi connectivity index (χ2v) is 6.44. The van der Waals surface area contributed by atoms with Crippen LogP contribution >= 0.6 is 0 Å². The average molecular weight is 327 g/mol. The Bertz CT molecular complexity index is 728. The van der Waals surface area contributed by atoms with Gasteiger partial charge in [-0.2, -0.15) is 0 Å². The van der Waals surface area contributed by atoms with Crippen LogP contribution in [0.4, 0.5) is 10.3 Å². The third-order valence-electron chi connectivity index (χ3n) is 5.08.